The third kappa shape index (κ3) is 6.10. The van der Waals surface area contributed by atoms with Crippen LogP contribution in [-0.4, -0.2) is 37.7 Å². The Morgan fingerprint density at radius 3 is 1.44 bits per heavy atom. The quantitative estimate of drug-likeness (QED) is 0.678. The van der Waals surface area contributed by atoms with Gasteiger partial charge in [-0.05, 0) is 27.7 Å². The molecule has 0 radical (unpaired) electrons. The summed E-state index contributed by atoms with van der Waals surface area (Å²) < 4.78 is 18.8. The van der Waals surface area contributed by atoms with Crippen molar-refractivity contribution in [3.63, 3.8) is 0 Å². The highest BCUT2D eigenvalue weighted by atomic mass is 16.8. The molecule has 0 rings (SSSR count). The van der Waals surface area contributed by atoms with Gasteiger partial charge >= 0.3 is 12.3 Å². The fourth-order valence-electron chi connectivity index (χ4n) is 0.799. The Hall–Kier alpha value is -1.46. The maximum atomic E-state index is 11.0. The number of hydrogen-bond acceptors (Lipinski definition) is 6. The monoisotopic (exact) mass is 234 g/mol. The van der Waals surface area contributed by atoms with Crippen LogP contribution in [0.3, 0.4) is 0 Å². The van der Waals surface area contributed by atoms with Gasteiger partial charge in [-0.3, -0.25) is 0 Å². The second-order valence-corrected chi connectivity index (χ2v) is 3.01. The number of hydrogen-bond donors (Lipinski definition) is 0. The minimum absolute atomic E-state index is 0.235. The summed E-state index contributed by atoms with van der Waals surface area (Å²) in [6, 6.07) is 0. The Morgan fingerprint density at radius 1 is 0.875 bits per heavy atom. The van der Waals surface area contributed by atoms with Gasteiger partial charge in [-0.1, -0.05) is 0 Å². The Kier molecular flexibility index (Phi) is 7.07. The zero-order valence-corrected chi connectivity index (χ0v) is 10.0. The van der Waals surface area contributed by atoms with E-state index in [4.69, 9.17) is 9.47 Å². The summed E-state index contributed by atoms with van der Waals surface area (Å²) in [4.78, 5) is 21.9. The van der Waals surface area contributed by atoms with Crippen LogP contribution in [0, 0.1) is 0 Å². The summed E-state index contributed by atoms with van der Waals surface area (Å²) in [6.45, 7) is 7.01. The first-order valence-corrected chi connectivity index (χ1v) is 5.18. The van der Waals surface area contributed by atoms with Gasteiger partial charge in [0.05, 0.1) is 13.2 Å². The van der Waals surface area contributed by atoms with Crippen molar-refractivity contribution in [2.45, 2.75) is 39.9 Å². The van der Waals surface area contributed by atoms with E-state index in [2.05, 4.69) is 9.47 Å². The van der Waals surface area contributed by atoms with E-state index in [9.17, 15) is 9.59 Å². The van der Waals surface area contributed by atoms with Gasteiger partial charge in [0.15, 0.2) is 0 Å². The third-order valence-electron chi connectivity index (χ3n) is 1.75. The molecule has 2 atom stereocenters. The molecule has 0 aliphatic heterocycles. The molecule has 94 valence electrons. The predicted molar refractivity (Wildman–Crippen MR) is 55.1 cm³/mol. The molecule has 0 heterocycles. The normalized spacial score (nSPS) is 13.5. The molecule has 0 aliphatic carbocycles. The van der Waals surface area contributed by atoms with Crippen molar-refractivity contribution < 1.29 is 28.5 Å². The first-order chi connectivity index (χ1) is 7.51. The Bertz CT molecular complexity index is 203. The summed E-state index contributed by atoms with van der Waals surface area (Å²) in [5, 5.41) is 0. The van der Waals surface area contributed by atoms with Gasteiger partial charge in [0, 0.05) is 0 Å². The van der Waals surface area contributed by atoms with Gasteiger partial charge in [0.25, 0.3) is 0 Å². The second-order valence-electron chi connectivity index (χ2n) is 3.01. The lowest BCUT2D eigenvalue weighted by atomic mass is 10.2. The van der Waals surface area contributed by atoms with Gasteiger partial charge in [-0.15, -0.1) is 0 Å². The molecule has 0 amide bonds. The molecule has 0 aromatic rings. The summed E-state index contributed by atoms with van der Waals surface area (Å²) in [5.41, 5.74) is 0. The van der Waals surface area contributed by atoms with Crippen LogP contribution in [0.1, 0.15) is 27.7 Å². The average Bonchev–Trinajstić information content (AvgIpc) is 2.17. The van der Waals surface area contributed by atoms with Gasteiger partial charge in [-0.2, -0.15) is 0 Å². The molecule has 0 spiro atoms. The zero-order valence-electron chi connectivity index (χ0n) is 10.0. The van der Waals surface area contributed by atoms with Crippen LogP contribution in [0.4, 0.5) is 9.59 Å². The Morgan fingerprint density at radius 2 is 1.19 bits per heavy atom. The lowest BCUT2D eigenvalue weighted by molar-refractivity contribution is -0.0415. The predicted octanol–water partition coefficient (Wildman–Crippen LogP) is 2.11. The molecule has 0 aromatic heterocycles. The molecule has 6 heteroatoms. The van der Waals surface area contributed by atoms with Crippen molar-refractivity contribution in [3.8, 4) is 0 Å². The summed E-state index contributed by atoms with van der Waals surface area (Å²) in [5.74, 6) is 0. The largest absolute Gasteiger partial charge is 0.508 e. The van der Waals surface area contributed by atoms with Crippen molar-refractivity contribution in [2.24, 2.45) is 0 Å². The SMILES string of the molecule is CCOC(=O)OC(C)C(C)OC(=O)OCC. The van der Waals surface area contributed by atoms with Crippen molar-refractivity contribution in [1.82, 2.24) is 0 Å². The molecular weight excluding hydrogens is 216 g/mol. The first kappa shape index (κ1) is 14.5. The van der Waals surface area contributed by atoms with Gasteiger partial charge in [-0.25, -0.2) is 9.59 Å². The summed E-state index contributed by atoms with van der Waals surface area (Å²) in [7, 11) is 0. The molecule has 0 bridgehead atoms. The van der Waals surface area contributed by atoms with E-state index in [0.29, 0.717) is 0 Å². The van der Waals surface area contributed by atoms with Crippen LogP contribution < -0.4 is 0 Å². The van der Waals surface area contributed by atoms with Crippen LogP contribution in [-0.2, 0) is 18.9 Å². The standard InChI is InChI=1S/C10H18O6/c1-5-13-9(11)15-7(3)8(4)16-10(12)14-6-2/h7-8H,5-6H2,1-4H3. The van der Waals surface area contributed by atoms with E-state index < -0.39 is 24.5 Å². The van der Waals surface area contributed by atoms with E-state index in [0.717, 1.165) is 0 Å². The van der Waals surface area contributed by atoms with Crippen LogP contribution in [0.2, 0.25) is 0 Å². The fraction of sp³-hybridized carbons (Fsp3) is 0.800. The molecular formula is C10H18O6. The molecule has 16 heavy (non-hydrogen) atoms. The van der Waals surface area contributed by atoms with Crippen molar-refractivity contribution in [2.75, 3.05) is 13.2 Å². The molecule has 0 saturated heterocycles. The van der Waals surface area contributed by atoms with Crippen LogP contribution in [0.25, 0.3) is 0 Å². The van der Waals surface area contributed by atoms with E-state index in [1.165, 1.54) is 0 Å². The van der Waals surface area contributed by atoms with Crippen molar-refractivity contribution >= 4 is 12.3 Å². The smallest absolute Gasteiger partial charge is 0.435 e. The first-order valence-electron chi connectivity index (χ1n) is 5.18. The maximum absolute atomic E-state index is 11.0. The average molecular weight is 234 g/mol. The lowest BCUT2D eigenvalue weighted by Gasteiger charge is -2.19. The van der Waals surface area contributed by atoms with Crippen LogP contribution in [0.15, 0.2) is 0 Å². The molecule has 0 saturated carbocycles. The third-order valence-corrected chi connectivity index (χ3v) is 1.75. The topological polar surface area (TPSA) is 71.1 Å². The van der Waals surface area contributed by atoms with Crippen molar-refractivity contribution in [1.29, 1.82) is 0 Å². The molecule has 0 fully saturated rings. The van der Waals surface area contributed by atoms with Crippen molar-refractivity contribution in [3.05, 3.63) is 0 Å². The van der Waals surface area contributed by atoms with Crippen LogP contribution >= 0.6 is 0 Å². The molecule has 0 aromatic carbocycles. The number of carbonyl (C=O) groups is 2. The van der Waals surface area contributed by atoms with E-state index in [1.54, 1.807) is 27.7 Å². The summed E-state index contributed by atoms with van der Waals surface area (Å²) in [6.07, 6.45) is -2.75. The van der Waals surface area contributed by atoms with Gasteiger partial charge in [0.2, 0.25) is 0 Å². The highest BCUT2D eigenvalue weighted by molar-refractivity contribution is 5.61. The minimum Gasteiger partial charge on any atom is -0.435 e. The number of carbonyl (C=O) groups excluding carboxylic acids is 2. The zero-order chi connectivity index (χ0) is 12.6. The van der Waals surface area contributed by atoms with E-state index in [-0.39, 0.29) is 13.2 Å². The molecule has 2 unspecified atom stereocenters. The molecule has 6 nitrogen and oxygen atoms in total. The number of rotatable bonds is 5. The fourth-order valence-corrected chi connectivity index (χ4v) is 0.799. The van der Waals surface area contributed by atoms with E-state index in [1.807, 2.05) is 0 Å². The van der Waals surface area contributed by atoms with Crippen LogP contribution in [0.5, 0.6) is 0 Å². The lowest BCUT2D eigenvalue weighted by Crippen LogP contribution is -2.31. The number of ether oxygens (including phenoxy) is 4. The second kappa shape index (κ2) is 7.78. The highest BCUT2D eigenvalue weighted by Gasteiger charge is 2.21. The minimum atomic E-state index is -0.783. The Labute approximate surface area is 94.8 Å². The summed E-state index contributed by atoms with van der Waals surface area (Å²) >= 11 is 0. The van der Waals surface area contributed by atoms with E-state index >= 15 is 0 Å². The maximum Gasteiger partial charge on any atom is 0.508 e. The Balaban J connectivity index is 3.93. The highest BCUT2D eigenvalue weighted by Crippen LogP contribution is 2.06. The molecule has 0 N–H and O–H groups in total. The molecule has 0 aliphatic rings. The van der Waals surface area contributed by atoms with Gasteiger partial charge < -0.3 is 18.9 Å². The van der Waals surface area contributed by atoms with Gasteiger partial charge in [0.1, 0.15) is 12.2 Å².